The van der Waals surface area contributed by atoms with Gasteiger partial charge in [-0.1, -0.05) is 26.7 Å². The van der Waals surface area contributed by atoms with Crippen molar-refractivity contribution in [1.82, 2.24) is 5.32 Å². The first-order valence-corrected chi connectivity index (χ1v) is 7.10. The molecule has 2 aliphatic carbocycles. The molecule has 0 amide bonds. The van der Waals surface area contributed by atoms with Crippen molar-refractivity contribution in [3.05, 3.63) is 0 Å². The minimum absolute atomic E-state index is 0.274. The van der Waals surface area contributed by atoms with E-state index in [9.17, 15) is 0 Å². The first kappa shape index (κ1) is 12.4. The van der Waals surface area contributed by atoms with E-state index in [-0.39, 0.29) is 5.54 Å². The van der Waals surface area contributed by atoms with Crippen LogP contribution in [0.25, 0.3) is 0 Å². The lowest BCUT2D eigenvalue weighted by Gasteiger charge is -2.42. The Labute approximate surface area is 100 Å². The predicted octanol–water partition coefficient (Wildman–Crippen LogP) is 2.53. The van der Waals surface area contributed by atoms with Gasteiger partial charge in [-0.2, -0.15) is 0 Å². The van der Waals surface area contributed by atoms with Gasteiger partial charge < -0.3 is 11.1 Å². The minimum atomic E-state index is 0.274. The average molecular weight is 224 g/mol. The van der Waals surface area contributed by atoms with E-state index in [2.05, 4.69) is 19.2 Å². The van der Waals surface area contributed by atoms with Gasteiger partial charge in [-0.3, -0.25) is 0 Å². The second-order valence-corrected chi connectivity index (χ2v) is 6.41. The lowest BCUT2D eigenvalue weighted by atomic mass is 9.71. The number of rotatable bonds is 5. The van der Waals surface area contributed by atoms with E-state index < -0.39 is 0 Å². The summed E-state index contributed by atoms with van der Waals surface area (Å²) >= 11 is 0. The Morgan fingerprint density at radius 3 is 2.62 bits per heavy atom. The van der Waals surface area contributed by atoms with Crippen LogP contribution in [0.3, 0.4) is 0 Å². The van der Waals surface area contributed by atoms with Crippen molar-refractivity contribution in [1.29, 1.82) is 0 Å². The molecule has 2 saturated carbocycles. The highest BCUT2D eigenvalue weighted by Gasteiger charge is 2.37. The van der Waals surface area contributed by atoms with Crippen LogP contribution in [-0.4, -0.2) is 18.6 Å². The third-order valence-corrected chi connectivity index (χ3v) is 4.68. The van der Waals surface area contributed by atoms with Gasteiger partial charge in [0.1, 0.15) is 0 Å². The second-order valence-electron chi connectivity index (χ2n) is 6.41. The van der Waals surface area contributed by atoms with Gasteiger partial charge in [-0.25, -0.2) is 0 Å². The molecule has 2 unspecified atom stereocenters. The van der Waals surface area contributed by atoms with Crippen LogP contribution in [0.2, 0.25) is 0 Å². The third kappa shape index (κ3) is 2.98. The fourth-order valence-electron chi connectivity index (χ4n) is 3.08. The Kier molecular flexibility index (Phi) is 3.91. The van der Waals surface area contributed by atoms with Gasteiger partial charge in [0.05, 0.1) is 0 Å². The zero-order valence-corrected chi connectivity index (χ0v) is 11.0. The normalized spacial score (nSPS) is 35.6. The molecule has 0 saturated heterocycles. The molecule has 0 spiro atoms. The minimum Gasteiger partial charge on any atom is -0.329 e. The fraction of sp³-hybridized carbons (Fsp3) is 1.00. The number of hydrogen-bond acceptors (Lipinski definition) is 2. The topological polar surface area (TPSA) is 38.0 Å². The summed E-state index contributed by atoms with van der Waals surface area (Å²) in [6.45, 7) is 6.75. The first-order valence-electron chi connectivity index (χ1n) is 7.10. The van der Waals surface area contributed by atoms with Crippen LogP contribution in [0.1, 0.15) is 52.4 Å². The van der Waals surface area contributed by atoms with Gasteiger partial charge in [0.15, 0.2) is 0 Å². The number of nitrogens with two attached hydrogens (primary N) is 1. The Morgan fingerprint density at radius 1 is 1.31 bits per heavy atom. The number of nitrogens with one attached hydrogen (secondary N) is 1. The summed E-state index contributed by atoms with van der Waals surface area (Å²) in [6, 6.07) is 0. The molecule has 2 rings (SSSR count). The largest absolute Gasteiger partial charge is 0.329 e. The summed E-state index contributed by atoms with van der Waals surface area (Å²) in [5, 5.41) is 3.81. The van der Waals surface area contributed by atoms with Crippen LogP contribution < -0.4 is 11.1 Å². The van der Waals surface area contributed by atoms with Crippen molar-refractivity contribution < 1.29 is 0 Å². The molecule has 2 aliphatic rings. The van der Waals surface area contributed by atoms with Crippen LogP contribution in [0.4, 0.5) is 0 Å². The second kappa shape index (κ2) is 5.05. The van der Waals surface area contributed by atoms with E-state index in [1.165, 1.54) is 45.1 Å². The zero-order valence-electron chi connectivity index (χ0n) is 11.0. The summed E-state index contributed by atoms with van der Waals surface area (Å²) in [7, 11) is 0. The van der Waals surface area contributed by atoms with Crippen LogP contribution in [-0.2, 0) is 0 Å². The van der Waals surface area contributed by atoms with Gasteiger partial charge in [-0.15, -0.1) is 0 Å². The molecule has 94 valence electrons. The van der Waals surface area contributed by atoms with Gasteiger partial charge in [0, 0.05) is 12.1 Å². The van der Waals surface area contributed by atoms with E-state index in [0.717, 1.165) is 24.3 Å². The standard InChI is InChI=1S/C14H28N2/c1-11(2)13-4-3-7-14(8-13,10-15)16-9-12-5-6-12/h11-13,16H,3-10,15H2,1-2H3. The first-order chi connectivity index (χ1) is 7.65. The van der Waals surface area contributed by atoms with Crippen LogP contribution in [0.15, 0.2) is 0 Å². The van der Waals surface area contributed by atoms with Crippen molar-refractivity contribution in [3.8, 4) is 0 Å². The lowest BCUT2D eigenvalue weighted by Crippen LogP contribution is -2.55. The van der Waals surface area contributed by atoms with Crippen LogP contribution in [0, 0.1) is 17.8 Å². The van der Waals surface area contributed by atoms with E-state index in [0.29, 0.717) is 0 Å². The van der Waals surface area contributed by atoms with E-state index >= 15 is 0 Å². The van der Waals surface area contributed by atoms with Crippen molar-refractivity contribution in [3.63, 3.8) is 0 Å². The highest BCUT2D eigenvalue weighted by molar-refractivity contribution is 4.96. The van der Waals surface area contributed by atoms with Crippen LogP contribution in [0.5, 0.6) is 0 Å². The van der Waals surface area contributed by atoms with Crippen molar-refractivity contribution >= 4 is 0 Å². The van der Waals surface area contributed by atoms with Gasteiger partial charge >= 0.3 is 0 Å². The summed E-state index contributed by atoms with van der Waals surface area (Å²) in [5.41, 5.74) is 6.32. The molecule has 0 aromatic heterocycles. The number of hydrogen-bond donors (Lipinski definition) is 2. The van der Waals surface area contributed by atoms with Gasteiger partial charge in [-0.05, 0) is 50.0 Å². The average Bonchev–Trinajstić information content (AvgIpc) is 3.10. The lowest BCUT2D eigenvalue weighted by molar-refractivity contribution is 0.152. The Hall–Kier alpha value is -0.0800. The summed E-state index contributed by atoms with van der Waals surface area (Å²) in [5.74, 6) is 2.65. The molecule has 3 N–H and O–H groups in total. The summed E-state index contributed by atoms with van der Waals surface area (Å²) in [6.07, 6.45) is 8.22. The van der Waals surface area contributed by atoms with Crippen molar-refractivity contribution in [2.24, 2.45) is 23.5 Å². The van der Waals surface area contributed by atoms with Gasteiger partial charge in [0.2, 0.25) is 0 Å². The maximum Gasteiger partial charge on any atom is 0.0306 e. The molecular formula is C14H28N2. The summed E-state index contributed by atoms with van der Waals surface area (Å²) < 4.78 is 0. The monoisotopic (exact) mass is 224 g/mol. The molecule has 0 bridgehead atoms. The molecule has 16 heavy (non-hydrogen) atoms. The fourth-order valence-corrected chi connectivity index (χ4v) is 3.08. The smallest absolute Gasteiger partial charge is 0.0306 e. The van der Waals surface area contributed by atoms with Crippen molar-refractivity contribution in [2.75, 3.05) is 13.1 Å². The van der Waals surface area contributed by atoms with Crippen LogP contribution >= 0.6 is 0 Å². The molecule has 0 aromatic rings. The maximum atomic E-state index is 6.04. The Bertz CT molecular complexity index is 223. The molecular weight excluding hydrogens is 196 g/mol. The molecule has 2 nitrogen and oxygen atoms in total. The van der Waals surface area contributed by atoms with Gasteiger partial charge in [0.25, 0.3) is 0 Å². The highest BCUT2D eigenvalue weighted by atomic mass is 15.0. The van der Waals surface area contributed by atoms with E-state index in [1.807, 2.05) is 0 Å². The maximum absolute atomic E-state index is 6.04. The van der Waals surface area contributed by atoms with E-state index in [4.69, 9.17) is 5.73 Å². The molecule has 2 atom stereocenters. The predicted molar refractivity (Wildman–Crippen MR) is 69.3 cm³/mol. The third-order valence-electron chi connectivity index (χ3n) is 4.68. The van der Waals surface area contributed by atoms with Crippen molar-refractivity contribution in [2.45, 2.75) is 57.9 Å². The van der Waals surface area contributed by atoms with E-state index in [1.54, 1.807) is 0 Å². The highest BCUT2D eigenvalue weighted by Crippen LogP contribution is 2.37. The Balaban J connectivity index is 1.89. The zero-order chi connectivity index (χ0) is 11.6. The summed E-state index contributed by atoms with van der Waals surface area (Å²) in [4.78, 5) is 0. The SMILES string of the molecule is CC(C)C1CCCC(CN)(NCC2CC2)C1. The molecule has 0 radical (unpaired) electrons. The molecule has 2 fully saturated rings. The quantitative estimate of drug-likeness (QED) is 0.753. The molecule has 0 aliphatic heterocycles. The molecule has 0 heterocycles. The Morgan fingerprint density at radius 2 is 2.06 bits per heavy atom. The molecule has 2 heteroatoms. The molecule has 0 aromatic carbocycles.